The summed E-state index contributed by atoms with van der Waals surface area (Å²) in [5.74, 6) is 0.103. The number of nitrogens with one attached hydrogen (secondary N) is 1. The largest absolute Gasteiger partial charge is 0.331 e. The third kappa shape index (κ3) is 3.68. The standard InChI is InChI=1S/C26H26N6O/c33-26(32-20-7-4-8-21(32)16-27-12-10-20)19-9-13-28-24(15-19)22-17-29-31-14-11-23(30-25(22)31)18-5-2-1-3-6-18/h1-3,5-6,9,11,13-15,17,20-21,27H,4,7-8,10,12,16H2. The van der Waals surface area contributed by atoms with E-state index in [2.05, 4.69) is 20.3 Å². The number of rotatable bonds is 3. The summed E-state index contributed by atoms with van der Waals surface area (Å²) >= 11 is 0. The topological polar surface area (TPSA) is 75.4 Å². The van der Waals surface area contributed by atoms with Gasteiger partial charge < -0.3 is 10.2 Å². The number of hydrogen-bond donors (Lipinski definition) is 1. The SMILES string of the molecule is O=C(c1ccnc(-c2cnn3ccc(-c4ccccc4)nc23)c1)N1C2CCCC1CNCC2. The Morgan fingerprint density at radius 3 is 2.79 bits per heavy atom. The van der Waals surface area contributed by atoms with Gasteiger partial charge >= 0.3 is 0 Å². The highest BCUT2D eigenvalue weighted by atomic mass is 16.2. The molecular weight excluding hydrogens is 412 g/mol. The van der Waals surface area contributed by atoms with Crippen molar-refractivity contribution in [2.24, 2.45) is 0 Å². The molecule has 2 fully saturated rings. The van der Waals surface area contributed by atoms with E-state index < -0.39 is 0 Å². The first kappa shape index (κ1) is 20.1. The zero-order chi connectivity index (χ0) is 22.2. The Balaban J connectivity index is 1.37. The van der Waals surface area contributed by atoms with E-state index in [0.29, 0.717) is 17.3 Å². The molecule has 0 radical (unpaired) electrons. The Kier molecular flexibility index (Phi) is 5.11. The minimum absolute atomic E-state index is 0.103. The first-order valence-corrected chi connectivity index (χ1v) is 11.7. The van der Waals surface area contributed by atoms with Crippen molar-refractivity contribution in [1.82, 2.24) is 29.8 Å². The molecule has 1 aromatic carbocycles. The van der Waals surface area contributed by atoms with Crippen LogP contribution < -0.4 is 5.32 Å². The van der Waals surface area contributed by atoms with Gasteiger partial charge in [0.25, 0.3) is 5.91 Å². The van der Waals surface area contributed by atoms with Gasteiger partial charge in [0, 0.05) is 42.1 Å². The Morgan fingerprint density at radius 1 is 1.00 bits per heavy atom. The number of aromatic nitrogens is 4. The van der Waals surface area contributed by atoms with Gasteiger partial charge in [-0.1, -0.05) is 30.3 Å². The quantitative estimate of drug-likeness (QED) is 0.526. The summed E-state index contributed by atoms with van der Waals surface area (Å²) in [7, 11) is 0. The molecule has 7 heteroatoms. The van der Waals surface area contributed by atoms with Crippen molar-refractivity contribution in [3.63, 3.8) is 0 Å². The lowest BCUT2D eigenvalue weighted by molar-refractivity contribution is 0.0482. The predicted octanol–water partition coefficient (Wildman–Crippen LogP) is 3.81. The van der Waals surface area contributed by atoms with E-state index in [4.69, 9.17) is 4.98 Å². The van der Waals surface area contributed by atoms with Gasteiger partial charge in [-0.2, -0.15) is 5.10 Å². The van der Waals surface area contributed by atoms with Crippen molar-refractivity contribution < 1.29 is 4.79 Å². The third-order valence-electron chi connectivity index (χ3n) is 6.85. The molecule has 0 aliphatic carbocycles. The Hall–Kier alpha value is -3.58. The number of nitrogens with zero attached hydrogens (tertiary/aromatic N) is 5. The number of pyridine rings is 1. The smallest absolute Gasteiger partial charge is 0.254 e. The van der Waals surface area contributed by atoms with Gasteiger partial charge in [0.2, 0.25) is 0 Å². The van der Waals surface area contributed by atoms with Crippen LogP contribution in [0.4, 0.5) is 0 Å². The van der Waals surface area contributed by atoms with Gasteiger partial charge in [-0.3, -0.25) is 9.78 Å². The van der Waals surface area contributed by atoms with Gasteiger partial charge in [-0.05, 0) is 50.4 Å². The summed E-state index contributed by atoms with van der Waals surface area (Å²) < 4.78 is 1.75. The van der Waals surface area contributed by atoms with Crippen molar-refractivity contribution >= 4 is 11.6 Å². The minimum atomic E-state index is 0.103. The molecule has 6 rings (SSSR count). The number of carbonyl (C=O) groups excluding carboxylic acids is 1. The number of amides is 1. The lowest BCUT2D eigenvalue weighted by atomic mass is 9.93. The molecule has 2 saturated heterocycles. The van der Waals surface area contributed by atoms with Gasteiger partial charge in [-0.25, -0.2) is 9.50 Å². The summed E-state index contributed by atoms with van der Waals surface area (Å²) in [5.41, 5.74) is 4.86. The maximum atomic E-state index is 13.6. The molecule has 1 N–H and O–H groups in total. The predicted molar refractivity (Wildman–Crippen MR) is 127 cm³/mol. The van der Waals surface area contributed by atoms with Crippen LogP contribution in [0.2, 0.25) is 0 Å². The van der Waals surface area contributed by atoms with Crippen LogP contribution in [0.1, 0.15) is 36.0 Å². The Morgan fingerprint density at radius 2 is 1.88 bits per heavy atom. The molecule has 5 heterocycles. The van der Waals surface area contributed by atoms with Gasteiger partial charge in [0.05, 0.1) is 23.1 Å². The average Bonchev–Trinajstić information content (AvgIpc) is 3.25. The summed E-state index contributed by atoms with van der Waals surface area (Å²) in [6.45, 7) is 1.85. The van der Waals surface area contributed by atoms with E-state index >= 15 is 0 Å². The highest BCUT2D eigenvalue weighted by Gasteiger charge is 2.36. The van der Waals surface area contributed by atoms with Crippen LogP contribution in [-0.2, 0) is 0 Å². The Bertz CT molecular complexity index is 1290. The van der Waals surface area contributed by atoms with Crippen molar-refractivity contribution in [3.05, 3.63) is 72.7 Å². The fourth-order valence-electron chi connectivity index (χ4n) is 5.20. The lowest BCUT2D eigenvalue weighted by Crippen LogP contribution is -2.51. The monoisotopic (exact) mass is 438 g/mol. The maximum absolute atomic E-state index is 13.6. The summed E-state index contributed by atoms with van der Waals surface area (Å²) in [5, 5.41) is 7.97. The maximum Gasteiger partial charge on any atom is 0.254 e. The second-order valence-electron chi connectivity index (χ2n) is 8.88. The van der Waals surface area contributed by atoms with E-state index in [1.165, 1.54) is 6.42 Å². The zero-order valence-electron chi connectivity index (χ0n) is 18.4. The van der Waals surface area contributed by atoms with E-state index in [-0.39, 0.29) is 11.9 Å². The van der Waals surface area contributed by atoms with Crippen molar-refractivity contribution in [3.8, 4) is 22.5 Å². The Labute approximate surface area is 192 Å². The molecule has 2 unspecified atom stereocenters. The van der Waals surface area contributed by atoms with Crippen LogP contribution in [0.15, 0.2) is 67.1 Å². The normalized spacial score (nSPS) is 20.5. The molecule has 0 saturated carbocycles. The number of benzene rings is 1. The molecule has 3 aromatic heterocycles. The van der Waals surface area contributed by atoms with Crippen LogP contribution in [0, 0.1) is 0 Å². The number of piperidine rings is 1. The third-order valence-corrected chi connectivity index (χ3v) is 6.85. The van der Waals surface area contributed by atoms with Crippen LogP contribution >= 0.6 is 0 Å². The van der Waals surface area contributed by atoms with Crippen molar-refractivity contribution in [2.75, 3.05) is 13.1 Å². The van der Waals surface area contributed by atoms with E-state index in [0.717, 1.165) is 54.8 Å². The van der Waals surface area contributed by atoms with Gasteiger partial charge in [-0.15, -0.1) is 0 Å². The molecule has 7 nitrogen and oxygen atoms in total. The molecule has 2 bridgehead atoms. The summed E-state index contributed by atoms with van der Waals surface area (Å²) in [6, 6.07) is 16.3. The molecule has 1 amide bonds. The molecule has 2 atom stereocenters. The minimum Gasteiger partial charge on any atom is -0.331 e. The number of hydrogen-bond acceptors (Lipinski definition) is 5. The van der Waals surface area contributed by atoms with Crippen LogP contribution in [-0.4, -0.2) is 55.6 Å². The zero-order valence-corrected chi connectivity index (χ0v) is 18.4. The first-order chi connectivity index (χ1) is 16.3. The second kappa shape index (κ2) is 8.41. The fourth-order valence-corrected chi connectivity index (χ4v) is 5.20. The van der Waals surface area contributed by atoms with Crippen molar-refractivity contribution in [2.45, 2.75) is 37.8 Å². The lowest BCUT2D eigenvalue weighted by Gasteiger charge is -2.40. The molecule has 166 valence electrons. The van der Waals surface area contributed by atoms with Gasteiger partial charge in [0.15, 0.2) is 5.65 Å². The molecule has 33 heavy (non-hydrogen) atoms. The summed E-state index contributed by atoms with van der Waals surface area (Å²) in [6.07, 6.45) is 9.77. The molecule has 2 aliphatic heterocycles. The highest BCUT2D eigenvalue weighted by molar-refractivity contribution is 5.96. The molecule has 0 spiro atoms. The van der Waals surface area contributed by atoms with Crippen LogP contribution in [0.3, 0.4) is 0 Å². The molecule has 4 aromatic rings. The van der Waals surface area contributed by atoms with Gasteiger partial charge in [0.1, 0.15) is 0 Å². The van der Waals surface area contributed by atoms with E-state index in [9.17, 15) is 4.79 Å². The number of carbonyl (C=O) groups is 1. The van der Waals surface area contributed by atoms with E-state index in [1.54, 1.807) is 16.9 Å². The van der Waals surface area contributed by atoms with Crippen LogP contribution in [0.25, 0.3) is 28.2 Å². The van der Waals surface area contributed by atoms with Crippen LogP contribution in [0.5, 0.6) is 0 Å². The fraction of sp³-hybridized carbons (Fsp3) is 0.308. The van der Waals surface area contributed by atoms with Crippen molar-refractivity contribution in [1.29, 1.82) is 0 Å². The number of fused-ring (bicyclic) bond motifs is 3. The van der Waals surface area contributed by atoms with E-state index in [1.807, 2.05) is 54.7 Å². The first-order valence-electron chi connectivity index (χ1n) is 11.7. The molecule has 2 aliphatic rings. The highest BCUT2D eigenvalue weighted by Crippen LogP contribution is 2.30. The average molecular weight is 439 g/mol. The summed E-state index contributed by atoms with van der Waals surface area (Å²) in [4.78, 5) is 25.2. The molecular formula is C26H26N6O. The second-order valence-corrected chi connectivity index (χ2v) is 8.88.